The van der Waals surface area contributed by atoms with E-state index in [1.807, 2.05) is 11.3 Å². The van der Waals surface area contributed by atoms with E-state index in [0.717, 1.165) is 0 Å². The molecule has 0 unspecified atom stereocenters. The maximum atomic E-state index is 2.40. The molecule has 10 aromatic carbocycles. The van der Waals surface area contributed by atoms with Crippen LogP contribution in [0.15, 0.2) is 182 Å². The van der Waals surface area contributed by atoms with E-state index < -0.39 is 0 Å². The second kappa shape index (κ2) is 11.1. The average Bonchev–Trinajstić information content (AvgIpc) is 3.59. The zero-order valence-corrected chi connectivity index (χ0v) is 28.5. The normalized spacial score (nSPS) is 11.9. The van der Waals surface area contributed by atoms with Gasteiger partial charge in [0.05, 0.1) is 0 Å². The van der Waals surface area contributed by atoms with Crippen LogP contribution in [-0.2, 0) is 0 Å². The summed E-state index contributed by atoms with van der Waals surface area (Å²) in [6.45, 7) is 0. The molecule has 0 nitrogen and oxygen atoms in total. The largest absolute Gasteiger partial charge is 0.135 e. The number of hydrogen-bond acceptors (Lipinski definition) is 1. The molecule has 1 heteroatoms. The summed E-state index contributed by atoms with van der Waals surface area (Å²) in [5.74, 6) is 0. The smallest absolute Gasteiger partial charge is 0.0355 e. The molecule has 0 radical (unpaired) electrons. The van der Waals surface area contributed by atoms with E-state index in [-0.39, 0.29) is 0 Å². The number of benzene rings is 10. The van der Waals surface area contributed by atoms with E-state index in [9.17, 15) is 0 Å². The summed E-state index contributed by atoms with van der Waals surface area (Å²) in [6, 6.07) is 67.4. The van der Waals surface area contributed by atoms with Gasteiger partial charge in [0, 0.05) is 20.2 Å². The molecule has 0 N–H and O–H groups in total. The molecular weight excluding hydrogens is 633 g/mol. The second-order valence-electron chi connectivity index (χ2n) is 13.6. The van der Waals surface area contributed by atoms with Gasteiger partial charge in [-0.25, -0.2) is 0 Å². The van der Waals surface area contributed by atoms with Crippen LogP contribution in [0.1, 0.15) is 0 Å². The van der Waals surface area contributed by atoms with E-state index in [4.69, 9.17) is 0 Å². The minimum absolute atomic E-state index is 1.22. The topological polar surface area (TPSA) is 0 Å². The SMILES string of the molecule is c1cc(-c2ccc(-c3ccc4c(c3)c3ccccc3c3c5ccccc5c5ccccc5c43)cc2)cc(-c2ccc3sc4ccccc4c3c2)c1. The molecule has 0 saturated carbocycles. The quantitative estimate of drug-likeness (QED) is 0.165. The molecule has 0 aliphatic heterocycles. The lowest BCUT2D eigenvalue weighted by molar-refractivity contribution is 1.59. The van der Waals surface area contributed by atoms with Crippen molar-refractivity contribution in [2.24, 2.45) is 0 Å². The molecule has 0 bridgehead atoms. The Morgan fingerprint density at radius 2 is 0.608 bits per heavy atom. The summed E-state index contributed by atoms with van der Waals surface area (Å²) in [5, 5.41) is 15.8. The summed E-state index contributed by atoms with van der Waals surface area (Å²) in [7, 11) is 0. The lowest BCUT2D eigenvalue weighted by Gasteiger charge is -2.17. The minimum atomic E-state index is 1.22. The predicted octanol–water partition coefficient (Wildman–Crippen LogP) is 14.8. The van der Waals surface area contributed by atoms with E-state index in [2.05, 4.69) is 182 Å². The van der Waals surface area contributed by atoms with Crippen molar-refractivity contribution in [3.05, 3.63) is 182 Å². The third kappa shape index (κ3) is 4.39. The molecule has 236 valence electrons. The van der Waals surface area contributed by atoms with Gasteiger partial charge < -0.3 is 0 Å². The van der Waals surface area contributed by atoms with E-state index >= 15 is 0 Å². The first-order chi connectivity index (χ1) is 25.3. The van der Waals surface area contributed by atoms with Crippen LogP contribution in [0.4, 0.5) is 0 Å². The lowest BCUT2D eigenvalue weighted by atomic mass is 9.86. The number of thiophene rings is 1. The van der Waals surface area contributed by atoms with Gasteiger partial charge in [-0.2, -0.15) is 0 Å². The molecule has 11 aromatic rings. The fourth-order valence-electron chi connectivity index (χ4n) is 8.44. The number of rotatable bonds is 3. The standard InChI is InChI=1S/C50H30S/c1-4-16-41-37(12-1)38-13-2-5-17-42(38)50-44-26-24-35(29-45(44)39-14-3-6-18-43(39)49(41)50)32-22-20-31(21-23-32)33-10-9-11-34(28-33)36-25-27-48-46(30-36)40-15-7-8-19-47(40)51-48/h1-30H. The van der Waals surface area contributed by atoms with Crippen LogP contribution in [0.3, 0.4) is 0 Å². The first-order valence-electron chi connectivity index (χ1n) is 17.6. The fraction of sp³-hybridized carbons (Fsp3) is 0. The van der Waals surface area contributed by atoms with Crippen molar-refractivity contribution in [2.45, 2.75) is 0 Å². The van der Waals surface area contributed by atoms with Crippen LogP contribution in [-0.4, -0.2) is 0 Å². The highest BCUT2D eigenvalue weighted by Gasteiger charge is 2.16. The van der Waals surface area contributed by atoms with Gasteiger partial charge in [-0.3, -0.25) is 0 Å². The zero-order chi connectivity index (χ0) is 33.5. The Morgan fingerprint density at radius 3 is 1.24 bits per heavy atom. The van der Waals surface area contributed by atoms with Gasteiger partial charge in [-0.1, -0.05) is 152 Å². The first kappa shape index (κ1) is 28.5. The Labute approximate surface area is 299 Å². The van der Waals surface area contributed by atoms with Crippen molar-refractivity contribution in [1.29, 1.82) is 0 Å². The Bertz CT molecular complexity index is 3180. The maximum absolute atomic E-state index is 2.40. The molecule has 1 heterocycles. The average molecular weight is 663 g/mol. The fourth-order valence-corrected chi connectivity index (χ4v) is 9.53. The summed E-state index contributed by atoms with van der Waals surface area (Å²) < 4.78 is 2.68. The number of hydrogen-bond donors (Lipinski definition) is 0. The van der Waals surface area contributed by atoms with Gasteiger partial charge >= 0.3 is 0 Å². The van der Waals surface area contributed by atoms with Crippen molar-refractivity contribution in [2.75, 3.05) is 0 Å². The predicted molar refractivity (Wildman–Crippen MR) is 223 cm³/mol. The third-order valence-electron chi connectivity index (χ3n) is 10.8. The monoisotopic (exact) mass is 662 g/mol. The van der Waals surface area contributed by atoms with Crippen LogP contribution in [0, 0.1) is 0 Å². The highest BCUT2D eigenvalue weighted by atomic mass is 32.1. The molecule has 0 aliphatic rings. The highest BCUT2D eigenvalue weighted by molar-refractivity contribution is 7.25. The van der Waals surface area contributed by atoms with E-state index in [1.54, 1.807) is 0 Å². The van der Waals surface area contributed by atoms with Crippen LogP contribution in [0.25, 0.3) is 107 Å². The zero-order valence-electron chi connectivity index (χ0n) is 27.7. The molecule has 11 rings (SSSR count). The van der Waals surface area contributed by atoms with Crippen LogP contribution >= 0.6 is 11.3 Å². The van der Waals surface area contributed by atoms with Crippen molar-refractivity contribution in [1.82, 2.24) is 0 Å². The van der Waals surface area contributed by atoms with Crippen molar-refractivity contribution in [3.63, 3.8) is 0 Å². The molecule has 0 saturated heterocycles. The minimum Gasteiger partial charge on any atom is -0.135 e. The Morgan fingerprint density at radius 1 is 0.216 bits per heavy atom. The number of fused-ring (bicyclic) bond motifs is 14. The molecule has 0 fully saturated rings. The van der Waals surface area contributed by atoms with Gasteiger partial charge in [-0.05, 0) is 118 Å². The lowest BCUT2D eigenvalue weighted by Crippen LogP contribution is -1.89. The third-order valence-corrected chi connectivity index (χ3v) is 12.0. The van der Waals surface area contributed by atoms with E-state index in [1.165, 1.54) is 107 Å². The van der Waals surface area contributed by atoms with Crippen LogP contribution in [0.2, 0.25) is 0 Å². The van der Waals surface area contributed by atoms with Gasteiger partial charge in [0.25, 0.3) is 0 Å². The van der Waals surface area contributed by atoms with Crippen LogP contribution < -0.4 is 0 Å². The molecule has 0 spiro atoms. The van der Waals surface area contributed by atoms with Crippen LogP contribution in [0.5, 0.6) is 0 Å². The second-order valence-corrected chi connectivity index (χ2v) is 14.7. The highest BCUT2D eigenvalue weighted by Crippen LogP contribution is 2.45. The molecule has 0 atom stereocenters. The Kier molecular flexibility index (Phi) is 6.22. The van der Waals surface area contributed by atoms with Crippen molar-refractivity contribution >= 4 is 85.4 Å². The van der Waals surface area contributed by atoms with Gasteiger partial charge in [0.1, 0.15) is 0 Å². The van der Waals surface area contributed by atoms with E-state index in [0.29, 0.717) is 0 Å². The first-order valence-corrected chi connectivity index (χ1v) is 18.4. The van der Waals surface area contributed by atoms with Crippen molar-refractivity contribution < 1.29 is 0 Å². The Hall–Kier alpha value is -6.28. The van der Waals surface area contributed by atoms with Gasteiger partial charge in [-0.15, -0.1) is 11.3 Å². The maximum Gasteiger partial charge on any atom is 0.0355 e. The van der Waals surface area contributed by atoms with Gasteiger partial charge in [0.15, 0.2) is 0 Å². The van der Waals surface area contributed by atoms with Crippen molar-refractivity contribution in [3.8, 4) is 33.4 Å². The van der Waals surface area contributed by atoms with Gasteiger partial charge in [0.2, 0.25) is 0 Å². The summed E-state index contributed by atoms with van der Waals surface area (Å²) in [4.78, 5) is 0. The molecule has 1 aromatic heterocycles. The summed E-state index contributed by atoms with van der Waals surface area (Å²) in [5.41, 5.74) is 7.39. The molecule has 0 aliphatic carbocycles. The molecular formula is C50H30S. The summed E-state index contributed by atoms with van der Waals surface area (Å²) >= 11 is 1.87. The molecule has 0 amide bonds. The summed E-state index contributed by atoms with van der Waals surface area (Å²) in [6.07, 6.45) is 0. The molecule has 51 heavy (non-hydrogen) atoms. The Balaban J connectivity index is 1.02.